The van der Waals surface area contributed by atoms with Crippen molar-refractivity contribution in [1.82, 2.24) is 10.2 Å². The maximum Gasteiger partial charge on any atom is 0.250 e. The number of likely N-dealkylation sites (tertiary alicyclic amines) is 1. The highest BCUT2D eigenvalue weighted by molar-refractivity contribution is 9.10. The van der Waals surface area contributed by atoms with Gasteiger partial charge in [-0.15, -0.1) is 0 Å². The van der Waals surface area contributed by atoms with E-state index < -0.39 is 17.4 Å². The molecule has 3 aliphatic heterocycles. The maximum atomic E-state index is 13.4. The molecule has 0 aliphatic carbocycles. The lowest BCUT2D eigenvalue weighted by atomic mass is 9.76. The fraction of sp³-hybridized carbons (Fsp3) is 0.571. The molecule has 1 aromatic rings. The molecule has 2 saturated heterocycles. The number of hydrogen-bond acceptors (Lipinski definition) is 4. The molecule has 6 nitrogen and oxygen atoms in total. The first-order valence-corrected chi connectivity index (χ1v) is 10.8. The first kappa shape index (κ1) is 19.6. The summed E-state index contributed by atoms with van der Waals surface area (Å²) < 4.78 is 0.840. The van der Waals surface area contributed by atoms with Crippen LogP contribution in [0.25, 0.3) is 0 Å². The van der Waals surface area contributed by atoms with Gasteiger partial charge < -0.3 is 5.32 Å². The van der Waals surface area contributed by atoms with E-state index in [2.05, 4.69) is 40.4 Å². The molecule has 7 heteroatoms. The number of nitrogens with one attached hydrogen (secondary N) is 2. The second kappa shape index (κ2) is 6.95. The maximum absolute atomic E-state index is 13.4. The van der Waals surface area contributed by atoms with Gasteiger partial charge in [-0.3, -0.25) is 24.6 Å². The summed E-state index contributed by atoms with van der Waals surface area (Å²) in [5.41, 5.74) is 0.278. The molecule has 2 N–H and O–H groups in total. The molecule has 1 aromatic carbocycles. The van der Waals surface area contributed by atoms with Crippen molar-refractivity contribution >= 4 is 39.3 Å². The number of benzene rings is 1. The minimum Gasteiger partial charge on any atom is -0.324 e. The SMILES string of the molecule is CCCCN1C(=O)[C@@H]2C(CC(C)C)NC3(C(=O)Nc4ccc(Br)cc43)[C@@H]2C1=O. The van der Waals surface area contributed by atoms with Crippen LogP contribution >= 0.6 is 15.9 Å². The third-order valence-electron chi connectivity index (χ3n) is 6.23. The summed E-state index contributed by atoms with van der Waals surface area (Å²) in [5, 5.41) is 6.40. The number of halogens is 1. The molecular weight excluding hydrogens is 422 g/mol. The van der Waals surface area contributed by atoms with Crippen molar-refractivity contribution in [3.05, 3.63) is 28.2 Å². The van der Waals surface area contributed by atoms with Gasteiger partial charge in [-0.2, -0.15) is 0 Å². The van der Waals surface area contributed by atoms with E-state index in [4.69, 9.17) is 0 Å². The molecule has 0 bridgehead atoms. The third-order valence-corrected chi connectivity index (χ3v) is 6.72. The summed E-state index contributed by atoms with van der Waals surface area (Å²) in [6, 6.07) is 5.39. The summed E-state index contributed by atoms with van der Waals surface area (Å²) in [4.78, 5) is 41.3. The monoisotopic (exact) mass is 447 g/mol. The minimum atomic E-state index is -1.18. The Labute approximate surface area is 173 Å². The molecule has 2 unspecified atom stereocenters. The molecule has 3 aliphatic rings. The molecule has 1 spiro atoms. The van der Waals surface area contributed by atoms with Crippen LogP contribution in [0.2, 0.25) is 0 Å². The van der Waals surface area contributed by atoms with Gasteiger partial charge in [0.2, 0.25) is 17.7 Å². The second-order valence-electron chi connectivity index (χ2n) is 8.52. The van der Waals surface area contributed by atoms with E-state index in [0.29, 0.717) is 18.2 Å². The topological polar surface area (TPSA) is 78.5 Å². The average molecular weight is 448 g/mol. The van der Waals surface area contributed by atoms with Crippen LogP contribution in [-0.2, 0) is 19.9 Å². The van der Waals surface area contributed by atoms with E-state index in [9.17, 15) is 14.4 Å². The zero-order valence-electron chi connectivity index (χ0n) is 16.4. The fourth-order valence-corrected chi connectivity index (χ4v) is 5.44. The third kappa shape index (κ3) is 2.66. The molecule has 2 fully saturated rings. The first-order valence-electron chi connectivity index (χ1n) is 10.1. The highest BCUT2D eigenvalue weighted by Gasteiger charge is 2.70. The Morgan fingerprint density at radius 1 is 1.21 bits per heavy atom. The van der Waals surface area contributed by atoms with Crippen LogP contribution in [0.3, 0.4) is 0 Å². The van der Waals surface area contributed by atoms with Crippen LogP contribution in [-0.4, -0.2) is 35.2 Å². The van der Waals surface area contributed by atoms with Crippen molar-refractivity contribution in [3.8, 4) is 0 Å². The predicted octanol–water partition coefficient (Wildman–Crippen LogP) is 3.02. The van der Waals surface area contributed by atoms with Crippen molar-refractivity contribution < 1.29 is 14.4 Å². The number of unbranched alkanes of at least 4 members (excludes halogenated alkanes) is 1. The van der Waals surface area contributed by atoms with Gasteiger partial charge >= 0.3 is 0 Å². The number of nitrogens with zero attached hydrogens (tertiary/aromatic N) is 1. The number of rotatable bonds is 5. The molecule has 4 rings (SSSR count). The number of hydrogen-bond donors (Lipinski definition) is 2. The molecule has 4 atom stereocenters. The summed E-state index contributed by atoms with van der Waals surface area (Å²) in [7, 11) is 0. The van der Waals surface area contributed by atoms with Crippen molar-refractivity contribution in [1.29, 1.82) is 0 Å². The lowest BCUT2D eigenvalue weighted by Gasteiger charge is -2.30. The van der Waals surface area contributed by atoms with E-state index in [1.165, 1.54) is 4.90 Å². The van der Waals surface area contributed by atoms with E-state index in [0.717, 1.165) is 29.3 Å². The number of carbonyl (C=O) groups excluding carboxylic acids is 3. The van der Waals surface area contributed by atoms with Gasteiger partial charge in [-0.25, -0.2) is 0 Å². The Bertz CT molecular complexity index is 855. The number of imide groups is 1. The van der Waals surface area contributed by atoms with Gasteiger partial charge in [0.1, 0.15) is 5.54 Å². The highest BCUT2D eigenvalue weighted by atomic mass is 79.9. The highest BCUT2D eigenvalue weighted by Crippen LogP contribution is 2.54. The molecule has 0 saturated carbocycles. The zero-order chi connectivity index (χ0) is 20.2. The number of carbonyl (C=O) groups is 3. The van der Waals surface area contributed by atoms with Crippen molar-refractivity contribution in [3.63, 3.8) is 0 Å². The predicted molar refractivity (Wildman–Crippen MR) is 109 cm³/mol. The number of fused-ring (bicyclic) bond motifs is 4. The van der Waals surface area contributed by atoms with Crippen LogP contribution in [0.5, 0.6) is 0 Å². The molecule has 3 heterocycles. The summed E-state index contributed by atoms with van der Waals surface area (Å²) >= 11 is 3.49. The van der Waals surface area contributed by atoms with Crippen molar-refractivity contribution in [2.24, 2.45) is 17.8 Å². The van der Waals surface area contributed by atoms with E-state index >= 15 is 0 Å². The largest absolute Gasteiger partial charge is 0.324 e. The van der Waals surface area contributed by atoms with Gasteiger partial charge in [0, 0.05) is 28.3 Å². The standard InChI is InChI=1S/C21H26BrN3O3/c1-4-5-8-25-18(26)16-15(9-11(2)3)24-21(17(16)19(25)27)13-10-12(22)6-7-14(13)23-20(21)28/h6-7,10-11,15-17,24H,4-5,8-9H2,1-3H3,(H,23,28)/t15?,16-,17+,21?/m1/s1. The van der Waals surface area contributed by atoms with Gasteiger partial charge in [0.15, 0.2) is 0 Å². The lowest BCUT2D eigenvalue weighted by molar-refractivity contribution is -0.142. The number of amides is 3. The van der Waals surface area contributed by atoms with Gasteiger partial charge in [0.25, 0.3) is 0 Å². The normalized spacial score (nSPS) is 31.1. The van der Waals surface area contributed by atoms with Crippen LogP contribution in [0.1, 0.15) is 45.6 Å². The molecule has 150 valence electrons. The molecular formula is C21H26BrN3O3. The van der Waals surface area contributed by atoms with Crippen LogP contribution in [0, 0.1) is 17.8 Å². The van der Waals surface area contributed by atoms with E-state index in [1.54, 1.807) is 0 Å². The van der Waals surface area contributed by atoms with Crippen LogP contribution < -0.4 is 10.6 Å². The van der Waals surface area contributed by atoms with Crippen molar-refractivity contribution in [2.75, 3.05) is 11.9 Å². The lowest BCUT2D eigenvalue weighted by Crippen LogP contribution is -2.53. The Balaban J connectivity index is 1.84. The zero-order valence-corrected chi connectivity index (χ0v) is 18.0. The average Bonchev–Trinajstić information content (AvgIpc) is 3.19. The Morgan fingerprint density at radius 3 is 2.64 bits per heavy atom. The van der Waals surface area contributed by atoms with Gasteiger partial charge in [-0.05, 0) is 37.0 Å². The van der Waals surface area contributed by atoms with Crippen LogP contribution in [0.4, 0.5) is 5.69 Å². The van der Waals surface area contributed by atoms with Gasteiger partial charge in [0.05, 0.1) is 11.8 Å². The van der Waals surface area contributed by atoms with E-state index in [-0.39, 0.29) is 23.8 Å². The van der Waals surface area contributed by atoms with Gasteiger partial charge in [-0.1, -0.05) is 43.1 Å². The Morgan fingerprint density at radius 2 is 1.96 bits per heavy atom. The molecule has 28 heavy (non-hydrogen) atoms. The summed E-state index contributed by atoms with van der Waals surface area (Å²) in [6.07, 6.45) is 2.42. The molecule has 3 amide bonds. The minimum absolute atomic E-state index is 0.130. The Kier molecular flexibility index (Phi) is 4.86. The smallest absolute Gasteiger partial charge is 0.250 e. The van der Waals surface area contributed by atoms with Crippen LogP contribution in [0.15, 0.2) is 22.7 Å². The van der Waals surface area contributed by atoms with E-state index in [1.807, 2.05) is 25.1 Å². The first-order chi connectivity index (χ1) is 13.3. The molecule has 0 radical (unpaired) electrons. The quantitative estimate of drug-likeness (QED) is 0.679. The second-order valence-corrected chi connectivity index (χ2v) is 9.43. The van der Waals surface area contributed by atoms with Crippen molar-refractivity contribution in [2.45, 2.75) is 51.6 Å². The Hall–Kier alpha value is -1.73. The summed E-state index contributed by atoms with van der Waals surface area (Å²) in [5.74, 6) is -1.44. The summed E-state index contributed by atoms with van der Waals surface area (Å²) in [6.45, 7) is 6.65. The molecule has 0 aromatic heterocycles. The number of anilines is 1. The fourth-order valence-electron chi connectivity index (χ4n) is 5.08.